The highest BCUT2D eigenvalue weighted by Crippen LogP contribution is 2.29. The molecule has 0 radical (unpaired) electrons. The number of unbranched alkanes of at least 4 members (excludes halogenated alkanes) is 7. The molecule has 14 nitrogen and oxygen atoms in total. The van der Waals surface area contributed by atoms with Crippen molar-refractivity contribution in [3.63, 3.8) is 0 Å². The minimum Gasteiger partial charge on any atom is -0.394 e. The maximum atomic E-state index is 13.0. The van der Waals surface area contributed by atoms with Crippen molar-refractivity contribution in [2.75, 3.05) is 19.8 Å². The Hall–Kier alpha value is -2.83. The monoisotopic (exact) mass is 878 g/mol. The average Bonchev–Trinajstić information content (AvgIpc) is 3.27. The Kier molecular flexibility index (Phi) is 30.8. The molecule has 9 N–H and O–H groups in total. The number of allylic oxidation sites excluding steroid dienone is 13. The standard InChI is InChI=1S/C48H79NO13/c1-3-5-7-8-9-10-11-12-13-14-15-16-17-18-19-20-21-22-23-24-25-26-27-28-30-32-40(53)49-36(37(52)31-29-6-4-2)35-59-47-45(58)43(56)46(39(34-51)61-47)62-48-44(57)42(55)41(54)38(33-50)60-48/h5,7,9-10,12-13,15-16,18-19,21-22,29,31,36-39,41-48,50-52,54-58H,3-4,6,8,11,14,17,20,23-28,30,32-35H2,1-2H3,(H,49,53)/b7-5-,10-9-,13-12-,16-15-,19-18-,22-21-,31-29+. The van der Waals surface area contributed by atoms with E-state index in [1.807, 2.05) is 6.92 Å². The zero-order valence-corrected chi connectivity index (χ0v) is 37.1. The quantitative estimate of drug-likeness (QED) is 0.0332. The first-order chi connectivity index (χ1) is 30.1. The lowest BCUT2D eigenvalue weighted by Crippen LogP contribution is -2.65. The lowest BCUT2D eigenvalue weighted by atomic mass is 9.97. The molecule has 0 spiro atoms. The molecule has 0 aromatic carbocycles. The van der Waals surface area contributed by atoms with E-state index in [1.165, 1.54) is 0 Å². The van der Waals surface area contributed by atoms with Crippen LogP contribution in [0.15, 0.2) is 85.1 Å². The zero-order valence-electron chi connectivity index (χ0n) is 37.1. The van der Waals surface area contributed by atoms with E-state index in [2.05, 4.69) is 85.2 Å². The molecule has 1 amide bonds. The molecule has 12 atom stereocenters. The van der Waals surface area contributed by atoms with Crippen molar-refractivity contribution in [1.82, 2.24) is 5.32 Å². The maximum Gasteiger partial charge on any atom is 0.220 e. The van der Waals surface area contributed by atoms with E-state index in [1.54, 1.807) is 12.2 Å². The molecule has 62 heavy (non-hydrogen) atoms. The molecule has 2 saturated heterocycles. The highest BCUT2D eigenvalue weighted by atomic mass is 16.7. The van der Waals surface area contributed by atoms with Gasteiger partial charge in [-0.2, -0.15) is 0 Å². The highest BCUT2D eigenvalue weighted by Gasteiger charge is 2.50. The van der Waals surface area contributed by atoms with Crippen LogP contribution in [0.2, 0.25) is 0 Å². The Bertz CT molecular complexity index is 1360. The number of hydrogen-bond acceptors (Lipinski definition) is 13. The van der Waals surface area contributed by atoms with Gasteiger partial charge in [0.1, 0.15) is 48.8 Å². The van der Waals surface area contributed by atoms with Gasteiger partial charge in [-0.15, -0.1) is 0 Å². The minimum atomic E-state index is -1.79. The van der Waals surface area contributed by atoms with Crippen LogP contribution in [0.3, 0.4) is 0 Å². The fourth-order valence-corrected chi connectivity index (χ4v) is 6.83. The molecule has 0 saturated carbocycles. The molecular weight excluding hydrogens is 799 g/mol. The predicted octanol–water partition coefficient (Wildman–Crippen LogP) is 4.65. The molecule has 0 bridgehead atoms. The minimum absolute atomic E-state index is 0.255. The number of carbonyl (C=O) groups is 1. The number of aliphatic hydroxyl groups excluding tert-OH is 8. The summed E-state index contributed by atoms with van der Waals surface area (Å²) in [6.07, 6.45) is 27.4. The summed E-state index contributed by atoms with van der Waals surface area (Å²) in [7, 11) is 0. The molecule has 2 aliphatic heterocycles. The maximum absolute atomic E-state index is 13.0. The van der Waals surface area contributed by atoms with E-state index in [4.69, 9.17) is 18.9 Å². The first-order valence-corrected chi connectivity index (χ1v) is 22.8. The summed E-state index contributed by atoms with van der Waals surface area (Å²) in [6, 6.07) is -0.923. The number of carbonyl (C=O) groups excluding carboxylic acids is 1. The summed E-state index contributed by atoms with van der Waals surface area (Å²) < 4.78 is 22.4. The van der Waals surface area contributed by atoms with Crippen molar-refractivity contribution in [2.45, 2.75) is 190 Å². The number of aliphatic hydroxyl groups is 8. The summed E-state index contributed by atoms with van der Waals surface area (Å²) in [5.74, 6) is -0.273. The third-order valence-electron chi connectivity index (χ3n) is 10.6. The SMILES string of the molecule is CC/C=C\C/C=C\C/C=C\C/C=C\C/C=C\C/C=C\CCCCCCCCC(=O)NC(COC1OC(CO)C(OC2OC(CO)C(O)C(O)C2O)C(O)C1O)C(O)/C=C/CCC. The number of amides is 1. The van der Waals surface area contributed by atoms with Crippen molar-refractivity contribution in [2.24, 2.45) is 0 Å². The molecule has 14 heteroatoms. The third-order valence-corrected chi connectivity index (χ3v) is 10.6. The normalized spacial score (nSPS) is 28.5. The van der Waals surface area contributed by atoms with Gasteiger partial charge < -0.3 is 65.1 Å². The first kappa shape index (κ1) is 55.3. The second kappa shape index (κ2) is 34.6. The Morgan fingerprint density at radius 3 is 1.68 bits per heavy atom. The third kappa shape index (κ3) is 22.2. The van der Waals surface area contributed by atoms with Crippen LogP contribution in [0.25, 0.3) is 0 Å². The Balaban J connectivity index is 1.68. The Labute approximate surface area is 370 Å². The van der Waals surface area contributed by atoms with Gasteiger partial charge in [-0.05, 0) is 64.2 Å². The zero-order chi connectivity index (χ0) is 45.4. The van der Waals surface area contributed by atoms with Gasteiger partial charge in [0.25, 0.3) is 0 Å². The molecule has 2 heterocycles. The van der Waals surface area contributed by atoms with E-state index in [9.17, 15) is 45.6 Å². The summed E-state index contributed by atoms with van der Waals surface area (Å²) in [5.41, 5.74) is 0. The van der Waals surface area contributed by atoms with Gasteiger partial charge in [0.15, 0.2) is 12.6 Å². The van der Waals surface area contributed by atoms with E-state index in [0.717, 1.165) is 83.5 Å². The fourth-order valence-electron chi connectivity index (χ4n) is 6.83. The lowest BCUT2D eigenvalue weighted by molar-refractivity contribution is -0.359. The molecule has 354 valence electrons. The van der Waals surface area contributed by atoms with Gasteiger partial charge in [-0.3, -0.25) is 4.79 Å². The number of ether oxygens (including phenoxy) is 4. The van der Waals surface area contributed by atoms with Crippen molar-refractivity contribution in [3.8, 4) is 0 Å². The number of hydrogen-bond donors (Lipinski definition) is 9. The number of rotatable bonds is 32. The van der Waals surface area contributed by atoms with Gasteiger partial charge in [-0.25, -0.2) is 0 Å². The second-order valence-electron chi connectivity index (χ2n) is 15.8. The van der Waals surface area contributed by atoms with Gasteiger partial charge in [0.05, 0.1) is 32.0 Å². The Morgan fingerprint density at radius 2 is 1.11 bits per heavy atom. The topological polar surface area (TPSA) is 228 Å². The van der Waals surface area contributed by atoms with Crippen LogP contribution in [0.5, 0.6) is 0 Å². The summed E-state index contributed by atoms with van der Waals surface area (Å²) >= 11 is 0. The molecule has 2 aliphatic rings. The molecule has 0 aromatic heterocycles. The predicted molar refractivity (Wildman–Crippen MR) is 239 cm³/mol. The smallest absolute Gasteiger partial charge is 0.220 e. The van der Waals surface area contributed by atoms with E-state index < -0.39 is 86.8 Å². The molecular formula is C48H79NO13. The van der Waals surface area contributed by atoms with Crippen molar-refractivity contribution in [1.29, 1.82) is 0 Å². The average molecular weight is 878 g/mol. The second-order valence-corrected chi connectivity index (χ2v) is 15.8. The van der Waals surface area contributed by atoms with Crippen LogP contribution in [0.1, 0.15) is 117 Å². The van der Waals surface area contributed by atoms with E-state index >= 15 is 0 Å². The van der Waals surface area contributed by atoms with Crippen molar-refractivity contribution >= 4 is 5.91 Å². The lowest BCUT2D eigenvalue weighted by Gasteiger charge is -2.46. The van der Waals surface area contributed by atoms with Crippen LogP contribution in [0, 0.1) is 0 Å². The van der Waals surface area contributed by atoms with Crippen molar-refractivity contribution < 1.29 is 64.6 Å². The van der Waals surface area contributed by atoms with Gasteiger partial charge in [0.2, 0.25) is 5.91 Å². The van der Waals surface area contributed by atoms with Crippen molar-refractivity contribution in [3.05, 3.63) is 85.1 Å². The van der Waals surface area contributed by atoms with E-state index in [-0.39, 0.29) is 18.9 Å². The first-order valence-electron chi connectivity index (χ1n) is 22.8. The largest absolute Gasteiger partial charge is 0.394 e. The summed E-state index contributed by atoms with van der Waals surface area (Å²) in [6.45, 7) is 2.39. The highest BCUT2D eigenvalue weighted by molar-refractivity contribution is 5.76. The van der Waals surface area contributed by atoms with Crippen LogP contribution >= 0.6 is 0 Å². The van der Waals surface area contributed by atoms with Gasteiger partial charge >= 0.3 is 0 Å². The molecule has 2 rings (SSSR count). The van der Waals surface area contributed by atoms with E-state index in [0.29, 0.717) is 12.8 Å². The Morgan fingerprint density at radius 1 is 0.597 bits per heavy atom. The summed E-state index contributed by atoms with van der Waals surface area (Å²) in [4.78, 5) is 13.0. The van der Waals surface area contributed by atoms with Crippen LogP contribution in [-0.2, 0) is 23.7 Å². The van der Waals surface area contributed by atoms with Gasteiger partial charge in [-0.1, -0.05) is 131 Å². The molecule has 12 unspecified atom stereocenters. The van der Waals surface area contributed by atoms with Crippen LogP contribution < -0.4 is 5.32 Å². The summed E-state index contributed by atoms with van der Waals surface area (Å²) in [5, 5.41) is 85.7. The number of nitrogens with one attached hydrogen (secondary N) is 1. The molecule has 0 aliphatic carbocycles. The molecule has 0 aromatic rings. The van der Waals surface area contributed by atoms with Crippen LogP contribution in [-0.4, -0.2) is 140 Å². The molecule has 2 fully saturated rings. The van der Waals surface area contributed by atoms with Gasteiger partial charge in [0, 0.05) is 6.42 Å². The van der Waals surface area contributed by atoms with Crippen LogP contribution in [0.4, 0.5) is 0 Å². The fraction of sp³-hybridized carbons (Fsp3) is 0.688.